The van der Waals surface area contributed by atoms with Crippen molar-refractivity contribution in [3.8, 4) is 22.5 Å². The molecular formula is C29H24N6O2. The lowest BCUT2D eigenvalue weighted by Crippen LogP contribution is -2.06. The van der Waals surface area contributed by atoms with Crippen molar-refractivity contribution >= 4 is 17.3 Å². The van der Waals surface area contributed by atoms with Crippen molar-refractivity contribution in [1.29, 1.82) is 0 Å². The van der Waals surface area contributed by atoms with Gasteiger partial charge in [0.1, 0.15) is 5.82 Å². The number of aromatic amines is 1. The average molecular weight is 489 g/mol. The zero-order chi connectivity index (χ0) is 25.2. The molecule has 0 atom stereocenters. The molecule has 182 valence electrons. The van der Waals surface area contributed by atoms with Gasteiger partial charge in [-0.1, -0.05) is 30.3 Å². The molecule has 0 fully saturated rings. The fraction of sp³-hybridized carbons (Fsp3) is 0.138. The van der Waals surface area contributed by atoms with Gasteiger partial charge in [-0.3, -0.25) is 14.9 Å². The largest absolute Gasteiger partial charge is 0.370 e. The molecule has 3 aromatic heterocycles. The minimum Gasteiger partial charge on any atom is -0.370 e. The summed E-state index contributed by atoms with van der Waals surface area (Å²) in [5.74, 6) is 1.34. The van der Waals surface area contributed by atoms with Gasteiger partial charge < -0.3 is 10.1 Å². The van der Waals surface area contributed by atoms with Crippen LogP contribution in [0.2, 0.25) is 0 Å². The molecule has 2 N–H and O–H groups in total. The summed E-state index contributed by atoms with van der Waals surface area (Å²) >= 11 is 0. The average Bonchev–Trinajstić information content (AvgIpc) is 3.62. The molecule has 1 aliphatic rings. The summed E-state index contributed by atoms with van der Waals surface area (Å²) in [6, 6.07) is 19.6. The number of pyridine rings is 1. The number of anilines is 2. The number of nitrogens with one attached hydrogen (secondary N) is 2. The maximum atomic E-state index is 12.8. The number of ether oxygens (including phenoxy) is 1. The van der Waals surface area contributed by atoms with E-state index in [4.69, 9.17) is 14.7 Å². The zero-order valence-corrected chi connectivity index (χ0v) is 20.2. The second-order valence-electron chi connectivity index (χ2n) is 8.99. The van der Waals surface area contributed by atoms with Gasteiger partial charge in [-0.2, -0.15) is 5.10 Å². The standard InChI is InChI=1S/C29H24N6O2/c1-18-5-6-22(13-30-18)27(36)12-19-3-2-4-21(11-19)28-34-26-17-37-16-25(26)29(35-28)33-24-9-7-20(8-10-24)23-14-31-32-15-23/h2-11,13-15H,12,16-17H2,1H3,(H,31,32)(H,33,34,35). The summed E-state index contributed by atoms with van der Waals surface area (Å²) in [5, 5.41) is 10.3. The Bertz CT molecular complexity index is 1560. The van der Waals surface area contributed by atoms with Gasteiger partial charge in [-0.15, -0.1) is 0 Å². The maximum Gasteiger partial charge on any atom is 0.168 e. The Hall–Kier alpha value is -4.69. The second-order valence-corrected chi connectivity index (χ2v) is 8.99. The van der Waals surface area contributed by atoms with Crippen LogP contribution in [-0.2, 0) is 24.4 Å². The summed E-state index contributed by atoms with van der Waals surface area (Å²) in [6.45, 7) is 2.81. The quantitative estimate of drug-likeness (QED) is 0.294. The number of aromatic nitrogens is 5. The molecule has 2 aromatic carbocycles. The van der Waals surface area contributed by atoms with Crippen molar-refractivity contribution in [2.45, 2.75) is 26.6 Å². The minimum atomic E-state index is 0.0224. The molecule has 37 heavy (non-hydrogen) atoms. The molecule has 0 spiro atoms. The van der Waals surface area contributed by atoms with Crippen LogP contribution in [-0.4, -0.2) is 30.9 Å². The summed E-state index contributed by atoms with van der Waals surface area (Å²) < 4.78 is 5.68. The van der Waals surface area contributed by atoms with E-state index in [0.717, 1.165) is 50.7 Å². The van der Waals surface area contributed by atoms with Gasteiger partial charge in [0.15, 0.2) is 11.6 Å². The molecule has 1 aliphatic heterocycles. The first kappa shape index (κ1) is 22.8. The predicted molar refractivity (Wildman–Crippen MR) is 140 cm³/mol. The van der Waals surface area contributed by atoms with Crippen LogP contribution in [0.15, 0.2) is 79.3 Å². The third-order valence-corrected chi connectivity index (χ3v) is 6.34. The molecule has 0 saturated heterocycles. The highest BCUT2D eigenvalue weighted by Crippen LogP contribution is 2.31. The molecule has 8 heteroatoms. The van der Waals surface area contributed by atoms with Gasteiger partial charge in [0.2, 0.25) is 0 Å². The van der Waals surface area contributed by atoms with Gasteiger partial charge in [0.25, 0.3) is 0 Å². The predicted octanol–water partition coefficient (Wildman–Crippen LogP) is 5.44. The lowest BCUT2D eigenvalue weighted by molar-refractivity contribution is 0.0992. The van der Waals surface area contributed by atoms with E-state index in [9.17, 15) is 4.79 Å². The molecule has 6 rings (SSSR count). The van der Waals surface area contributed by atoms with Crippen LogP contribution in [0.3, 0.4) is 0 Å². The van der Waals surface area contributed by atoms with Crippen LogP contribution in [0.5, 0.6) is 0 Å². The van der Waals surface area contributed by atoms with Crippen molar-refractivity contribution in [2.24, 2.45) is 0 Å². The highest BCUT2D eigenvalue weighted by Gasteiger charge is 2.21. The number of hydrogen-bond acceptors (Lipinski definition) is 7. The van der Waals surface area contributed by atoms with Crippen LogP contribution in [0.4, 0.5) is 11.5 Å². The molecule has 8 nitrogen and oxygen atoms in total. The third kappa shape index (κ3) is 4.87. The fourth-order valence-corrected chi connectivity index (χ4v) is 4.32. The van der Waals surface area contributed by atoms with Crippen LogP contribution in [0, 0.1) is 6.92 Å². The van der Waals surface area contributed by atoms with Crippen LogP contribution >= 0.6 is 0 Å². The Morgan fingerprint density at radius 1 is 0.973 bits per heavy atom. The van der Waals surface area contributed by atoms with Gasteiger partial charge in [-0.25, -0.2) is 9.97 Å². The molecule has 0 bridgehead atoms. The van der Waals surface area contributed by atoms with E-state index in [0.29, 0.717) is 24.6 Å². The summed E-state index contributed by atoms with van der Waals surface area (Å²) in [5.41, 5.74) is 8.08. The molecule has 5 aromatic rings. The van der Waals surface area contributed by atoms with Gasteiger partial charge in [-0.05, 0) is 48.4 Å². The molecule has 0 unspecified atom stereocenters. The molecule has 4 heterocycles. The van der Waals surface area contributed by atoms with Crippen molar-refractivity contribution < 1.29 is 9.53 Å². The number of nitrogens with zero attached hydrogens (tertiary/aromatic N) is 4. The van der Waals surface area contributed by atoms with Crippen molar-refractivity contribution in [2.75, 3.05) is 5.32 Å². The van der Waals surface area contributed by atoms with E-state index in [1.54, 1.807) is 12.4 Å². The van der Waals surface area contributed by atoms with Crippen LogP contribution < -0.4 is 5.32 Å². The normalized spacial score (nSPS) is 12.4. The SMILES string of the molecule is Cc1ccc(C(=O)Cc2cccc(-c3nc4c(c(Nc5ccc(-c6cn[nH]c6)cc5)n3)COC4)c2)cn1. The van der Waals surface area contributed by atoms with Crippen LogP contribution in [0.1, 0.15) is 32.9 Å². The van der Waals surface area contributed by atoms with E-state index in [1.165, 1.54) is 0 Å². The smallest absolute Gasteiger partial charge is 0.168 e. The first-order valence-corrected chi connectivity index (χ1v) is 12.0. The number of carbonyl (C=O) groups excluding carboxylic acids is 1. The Morgan fingerprint density at radius 3 is 2.65 bits per heavy atom. The number of ketones is 1. The number of aryl methyl sites for hydroxylation is 1. The summed E-state index contributed by atoms with van der Waals surface area (Å²) in [7, 11) is 0. The van der Waals surface area contributed by atoms with E-state index >= 15 is 0 Å². The van der Waals surface area contributed by atoms with Crippen molar-refractivity contribution in [3.63, 3.8) is 0 Å². The number of H-pyrrole nitrogens is 1. The number of Topliss-reactive ketones (excluding diaryl/α,β-unsaturated/α-hetero) is 1. The topological polar surface area (TPSA) is 106 Å². The molecular weight excluding hydrogens is 464 g/mol. The molecule has 0 radical (unpaired) electrons. The van der Waals surface area contributed by atoms with Gasteiger partial charge in [0.05, 0.1) is 25.1 Å². The maximum absolute atomic E-state index is 12.8. The highest BCUT2D eigenvalue weighted by atomic mass is 16.5. The zero-order valence-electron chi connectivity index (χ0n) is 20.2. The lowest BCUT2D eigenvalue weighted by Gasteiger charge is -2.12. The number of carbonyl (C=O) groups is 1. The summed E-state index contributed by atoms with van der Waals surface area (Å²) in [4.78, 5) is 26.7. The van der Waals surface area contributed by atoms with Crippen molar-refractivity contribution in [3.05, 3.63) is 107 Å². The number of rotatable bonds is 7. The highest BCUT2D eigenvalue weighted by molar-refractivity contribution is 5.97. The Labute approximate surface area is 213 Å². The van der Waals surface area contributed by atoms with Gasteiger partial charge >= 0.3 is 0 Å². The Kier molecular flexibility index (Phi) is 6.00. The van der Waals surface area contributed by atoms with E-state index in [1.807, 2.05) is 73.8 Å². The van der Waals surface area contributed by atoms with E-state index < -0.39 is 0 Å². The monoisotopic (exact) mass is 488 g/mol. The third-order valence-electron chi connectivity index (χ3n) is 6.34. The number of hydrogen-bond donors (Lipinski definition) is 2. The lowest BCUT2D eigenvalue weighted by atomic mass is 10.0. The number of benzene rings is 2. The molecule has 0 amide bonds. The number of fused-ring (bicyclic) bond motifs is 1. The first-order chi connectivity index (χ1) is 18.1. The van der Waals surface area contributed by atoms with Gasteiger partial charge in [0, 0.05) is 52.4 Å². The first-order valence-electron chi connectivity index (χ1n) is 12.0. The van der Waals surface area contributed by atoms with Crippen LogP contribution in [0.25, 0.3) is 22.5 Å². The fourth-order valence-electron chi connectivity index (χ4n) is 4.32. The Balaban J connectivity index is 1.26. The second kappa shape index (κ2) is 9.75. The van der Waals surface area contributed by atoms with Crippen molar-refractivity contribution in [1.82, 2.24) is 25.1 Å². The minimum absolute atomic E-state index is 0.0224. The Morgan fingerprint density at radius 2 is 1.86 bits per heavy atom. The molecule has 0 saturated carbocycles. The molecule has 0 aliphatic carbocycles. The van der Waals surface area contributed by atoms with E-state index in [2.05, 4.69) is 20.5 Å². The van der Waals surface area contributed by atoms with E-state index in [-0.39, 0.29) is 12.2 Å². The summed E-state index contributed by atoms with van der Waals surface area (Å²) in [6.07, 6.45) is 5.57.